The number of alkyl halides is 1. The number of hydrogen-bond donors (Lipinski definition) is 0. The number of hydrogen-bond acceptors (Lipinski definition) is 6. The third kappa shape index (κ3) is 32.5. The summed E-state index contributed by atoms with van der Waals surface area (Å²) in [6.45, 7) is 10.0. The molecule has 0 saturated carbocycles. The average Bonchev–Trinajstić information content (AvgIpc) is 2.85. The van der Waals surface area contributed by atoms with Gasteiger partial charge in [-0.15, -0.1) is 0 Å². The zero-order chi connectivity index (χ0) is 24.6. The van der Waals surface area contributed by atoms with Crippen LogP contribution in [0.4, 0.5) is 0 Å². The largest absolute Gasteiger partial charge is 0.379 e. The maximum absolute atomic E-state index is 5.65. The van der Waals surface area contributed by atoms with Gasteiger partial charge in [0.2, 0.25) is 0 Å². The molecule has 6 nitrogen and oxygen atoms in total. The molecular weight excluding hydrogens is 547 g/mol. The molecule has 0 aromatic rings. The Labute approximate surface area is 224 Å². The van der Waals surface area contributed by atoms with Crippen molar-refractivity contribution in [2.24, 2.45) is 0 Å². The third-order valence-electron chi connectivity index (χ3n) is 5.47. The molecule has 0 saturated heterocycles. The topological polar surface area (TPSA) is 55.4 Å². The van der Waals surface area contributed by atoms with Crippen LogP contribution in [0.3, 0.4) is 0 Å². The molecule has 0 aliphatic carbocycles. The average molecular weight is 603 g/mol. The van der Waals surface area contributed by atoms with Crippen molar-refractivity contribution in [3.63, 3.8) is 0 Å². The summed E-state index contributed by atoms with van der Waals surface area (Å²) in [5.74, 6) is 0. The van der Waals surface area contributed by atoms with Gasteiger partial charge >= 0.3 is 0 Å². The highest BCUT2D eigenvalue weighted by Gasteiger charge is 1.96. The van der Waals surface area contributed by atoms with Gasteiger partial charge in [0.15, 0.2) is 0 Å². The van der Waals surface area contributed by atoms with Gasteiger partial charge in [-0.1, -0.05) is 107 Å². The molecule has 0 unspecified atom stereocenters. The first-order valence-corrected chi connectivity index (χ1v) is 15.5. The van der Waals surface area contributed by atoms with Crippen LogP contribution in [0.25, 0.3) is 0 Å². The van der Waals surface area contributed by atoms with Crippen LogP contribution in [0, 0.1) is 0 Å². The summed E-state index contributed by atoms with van der Waals surface area (Å²) in [5.41, 5.74) is 0. The first-order valence-electron chi connectivity index (χ1n) is 13.9. The molecular formula is C27H55IO6. The summed E-state index contributed by atoms with van der Waals surface area (Å²) >= 11 is 2.29. The van der Waals surface area contributed by atoms with Crippen LogP contribution in [0.15, 0.2) is 0 Å². The van der Waals surface area contributed by atoms with E-state index in [4.69, 9.17) is 28.4 Å². The van der Waals surface area contributed by atoms with Crippen molar-refractivity contribution in [3.05, 3.63) is 0 Å². The number of unbranched alkanes of at least 4 members (excludes halogenated alkanes) is 12. The van der Waals surface area contributed by atoms with Crippen molar-refractivity contribution >= 4 is 22.6 Å². The Hall–Kier alpha value is 0.490. The molecule has 0 rings (SSSR count). The van der Waals surface area contributed by atoms with Gasteiger partial charge in [-0.3, -0.25) is 0 Å². The lowest BCUT2D eigenvalue weighted by Crippen LogP contribution is -2.14. The molecule has 0 aromatic heterocycles. The summed E-state index contributed by atoms with van der Waals surface area (Å²) in [5, 5.41) is 0. The number of ether oxygens (including phenoxy) is 6. The Morgan fingerprint density at radius 3 is 0.912 bits per heavy atom. The van der Waals surface area contributed by atoms with E-state index >= 15 is 0 Å². The lowest BCUT2D eigenvalue weighted by atomic mass is 10.0. The summed E-state index contributed by atoms with van der Waals surface area (Å²) in [4.78, 5) is 0. The predicted molar refractivity (Wildman–Crippen MR) is 149 cm³/mol. The second-order valence-electron chi connectivity index (χ2n) is 8.61. The Balaban J connectivity index is 2.99. The van der Waals surface area contributed by atoms with E-state index in [1.165, 1.54) is 77.0 Å². The summed E-state index contributed by atoms with van der Waals surface area (Å²) in [6.07, 6.45) is 17.9. The van der Waals surface area contributed by atoms with E-state index in [0.717, 1.165) is 24.1 Å². The van der Waals surface area contributed by atoms with Gasteiger partial charge in [0.25, 0.3) is 0 Å². The molecule has 0 aliphatic rings. The van der Waals surface area contributed by atoms with Crippen LogP contribution in [-0.2, 0) is 28.4 Å². The second kappa shape index (κ2) is 33.5. The minimum absolute atomic E-state index is 0.580. The van der Waals surface area contributed by atoms with Crippen LogP contribution >= 0.6 is 22.6 Å². The Morgan fingerprint density at radius 1 is 0.324 bits per heavy atom. The number of rotatable bonds is 31. The molecule has 0 spiro atoms. The van der Waals surface area contributed by atoms with Crippen molar-refractivity contribution in [3.8, 4) is 0 Å². The first-order chi connectivity index (χ1) is 16.9. The number of halogens is 1. The fraction of sp³-hybridized carbons (Fsp3) is 1.00. The fourth-order valence-corrected chi connectivity index (χ4v) is 3.79. The maximum Gasteiger partial charge on any atom is 0.0701 e. The van der Waals surface area contributed by atoms with E-state index in [1.807, 2.05) is 0 Å². The van der Waals surface area contributed by atoms with Crippen LogP contribution in [0.2, 0.25) is 0 Å². The molecule has 0 aromatic carbocycles. The van der Waals surface area contributed by atoms with Gasteiger partial charge in [0.1, 0.15) is 0 Å². The Kier molecular flexibility index (Phi) is 34.0. The van der Waals surface area contributed by atoms with Gasteiger partial charge in [-0.25, -0.2) is 0 Å². The molecule has 0 atom stereocenters. The lowest BCUT2D eigenvalue weighted by molar-refractivity contribution is -0.0161. The van der Waals surface area contributed by atoms with E-state index in [-0.39, 0.29) is 0 Å². The highest BCUT2D eigenvalue weighted by molar-refractivity contribution is 14.1. The summed E-state index contributed by atoms with van der Waals surface area (Å²) in [7, 11) is 0. The van der Waals surface area contributed by atoms with Gasteiger partial charge in [0, 0.05) is 11.0 Å². The quantitative estimate of drug-likeness (QED) is 0.0506. The van der Waals surface area contributed by atoms with Crippen molar-refractivity contribution in [1.82, 2.24) is 0 Å². The van der Waals surface area contributed by atoms with Gasteiger partial charge in [-0.05, 0) is 6.42 Å². The second-order valence-corrected chi connectivity index (χ2v) is 9.68. The third-order valence-corrected chi connectivity index (χ3v) is 5.91. The lowest BCUT2D eigenvalue weighted by Gasteiger charge is -2.08. The van der Waals surface area contributed by atoms with Gasteiger partial charge in [-0.2, -0.15) is 0 Å². The maximum atomic E-state index is 5.65. The van der Waals surface area contributed by atoms with Crippen molar-refractivity contribution < 1.29 is 28.4 Å². The predicted octanol–water partition coefficient (Wildman–Crippen LogP) is 6.61. The monoisotopic (exact) mass is 602 g/mol. The fourth-order valence-electron chi connectivity index (χ4n) is 3.48. The molecule has 0 heterocycles. The Morgan fingerprint density at radius 2 is 0.588 bits per heavy atom. The van der Waals surface area contributed by atoms with Crippen molar-refractivity contribution in [2.75, 3.05) is 83.7 Å². The van der Waals surface area contributed by atoms with Gasteiger partial charge in [0.05, 0.1) is 72.7 Å². The molecule has 0 N–H and O–H groups in total. The van der Waals surface area contributed by atoms with E-state index in [9.17, 15) is 0 Å². The van der Waals surface area contributed by atoms with E-state index in [1.54, 1.807) is 0 Å². The standard InChI is InChI=1S/C27H55IO6/c1-2-3-4-5-6-7-8-9-10-11-12-13-14-16-29-18-20-31-22-24-33-26-27-34-25-23-32-21-19-30-17-15-28/h2-27H2,1H3. The van der Waals surface area contributed by atoms with Gasteiger partial charge < -0.3 is 28.4 Å². The minimum atomic E-state index is 0.580. The molecule has 0 fully saturated rings. The summed E-state index contributed by atoms with van der Waals surface area (Å²) < 4.78 is 33.9. The van der Waals surface area contributed by atoms with Crippen molar-refractivity contribution in [1.29, 1.82) is 0 Å². The van der Waals surface area contributed by atoms with Crippen LogP contribution < -0.4 is 0 Å². The Bertz CT molecular complexity index is 317. The van der Waals surface area contributed by atoms with E-state index < -0.39 is 0 Å². The SMILES string of the molecule is CCCCCCCCCCCCCCCOCCOCCOCCOCCOCCOCCI. The highest BCUT2D eigenvalue weighted by atomic mass is 127. The van der Waals surface area contributed by atoms with E-state index in [0.29, 0.717) is 66.1 Å². The van der Waals surface area contributed by atoms with Crippen LogP contribution in [0.1, 0.15) is 90.4 Å². The minimum Gasteiger partial charge on any atom is -0.379 e. The normalized spacial score (nSPS) is 11.5. The molecule has 0 amide bonds. The highest BCUT2D eigenvalue weighted by Crippen LogP contribution is 2.12. The zero-order valence-corrected chi connectivity index (χ0v) is 24.4. The molecule has 0 radical (unpaired) electrons. The zero-order valence-electron chi connectivity index (χ0n) is 22.2. The van der Waals surface area contributed by atoms with Crippen LogP contribution in [-0.4, -0.2) is 83.7 Å². The van der Waals surface area contributed by atoms with Crippen LogP contribution in [0.5, 0.6) is 0 Å². The molecule has 0 bridgehead atoms. The van der Waals surface area contributed by atoms with Crippen molar-refractivity contribution in [2.45, 2.75) is 90.4 Å². The first kappa shape index (κ1) is 34.5. The summed E-state index contributed by atoms with van der Waals surface area (Å²) in [6, 6.07) is 0. The molecule has 7 heteroatoms. The molecule has 206 valence electrons. The molecule has 34 heavy (non-hydrogen) atoms. The molecule has 0 aliphatic heterocycles. The smallest absolute Gasteiger partial charge is 0.0701 e. The van der Waals surface area contributed by atoms with E-state index in [2.05, 4.69) is 29.5 Å².